The molecule has 0 aliphatic heterocycles. The summed E-state index contributed by atoms with van der Waals surface area (Å²) in [5, 5.41) is 0. The second kappa shape index (κ2) is 6.44. The van der Waals surface area contributed by atoms with Crippen LogP contribution in [0.3, 0.4) is 0 Å². The minimum atomic E-state index is 1.04. The molecule has 3 aromatic carbocycles. The summed E-state index contributed by atoms with van der Waals surface area (Å²) in [6, 6.07) is 29.1. The van der Waals surface area contributed by atoms with E-state index in [2.05, 4.69) is 71.0 Å². The van der Waals surface area contributed by atoms with Crippen LogP contribution in [-0.2, 0) is 0 Å². The number of benzene rings is 3. The number of thiazole rings is 1. The zero-order chi connectivity index (χ0) is 15.5. The van der Waals surface area contributed by atoms with E-state index in [1.54, 1.807) is 23.3 Å². The highest BCUT2D eigenvalue weighted by Crippen LogP contribution is 2.39. The number of aromatic nitrogens is 1. The van der Waals surface area contributed by atoms with Gasteiger partial charge in [0, 0.05) is 11.9 Å². The van der Waals surface area contributed by atoms with Gasteiger partial charge in [-0.15, -0.1) is 11.3 Å². The maximum Gasteiger partial charge on any atom is 0.172 e. The Balaban J connectivity index is 1.73. The van der Waals surface area contributed by atoms with Crippen molar-refractivity contribution in [2.24, 2.45) is 0 Å². The normalized spacial score (nSPS) is 10.8. The second-order valence-corrected chi connectivity index (χ2v) is 7.23. The number of anilines is 2. The lowest BCUT2D eigenvalue weighted by atomic mass is 10.3. The van der Waals surface area contributed by atoms with E-state index in [4.69, 9.17) is 4.98 Å². The molecule has 4 rings (SSSR count). The molecule has 0 fully saturated rings. The van der Waals surface area contributed by atoms with E-state index in [1.165, 1.54) is 4.70 Å². The molecule has 0 N–H and O–H groups in total. The summed E-state index contributed by atoms with van der Waals surface area (Å²) in [5.41, 5.74) is 3.34. The number of fused-ring (bicyclic) bond motifs is 1. The molecule has 1 heterocycles. The molecule has 112 valence electrons. The van der Waals surface area contributed by atoms with E-state index in [0.717, 1.165) is 21.2 Å². The molecule has 0 atom stereocenters. The van der Waals surface area contributed by atoms with Crippen LogP contribution < -0.4 is 4.31 Å². The van der Waals surface area contributed by atoms with E-state index in [0.29, 0.717) is 0 Å². The summed E-state index contributed by atoms with van der Waals surface area (Å²) in [6.07, 6.45) is 0. The summed E-state index contributed by atoms with van der Waals surface area (Å²) in [6.45, 7) is 0. The van der Waals surface area contributed by atoms with Gasteiger partial charge in [-0.2, -0.15) is 0 Å². The molecule has 23 heavy (non-hydrogen) atoms. The summed E-state index contributed by atoms with van der Waals surface area (Å²) in [5.74, 6) is 0. The van der Waals surface area contributed by atoms with Crippen molar-refractivity contribution in [1.29, 1.82) is 0 Å². The highest BCUT2D eigenvalue weighted by atomic mass is 32.2. The third-order valence-corrected chi connectivity index (χ3v) is 5.58. The molecule has 4 heteroatoms. The van der Waals surface area contributed by atoms with E-state index in [1.807, 2.05) is 18.2 Å². The Morgan fingerprint density at radius 2 is 1.26 bits per heavy atom. The van der Waals surface area contributed by atoms with E-state index < -0.39 is 0 Å². The molecule has 0 amide bonds. The predicted octanol–water partition coefficient (Wildman–Crippen LogP) is 6.14. The lowest BCUT2D eigenvalue weighted by Gasteiger charge is -2.22. The van der Waals surface area contributed by atoms with Gasteiger partial charge in [0.15, 0.2) is 4.34 Å². The van der Waals surface area contributed by atoms with Gasteiger partial charge in [0.2, 0.25) is 0 Å². The first-order valence-corrected chi connectivity index (χ1v) is 8.93. The third kappa shape index (κ3) is 3.09. The van der Waals surface area contributed by atoms with Crippen molar-refractivity contribution in [1.82, 2.24) is 4.98 Å². The van der Waals surface area contributed by atoms with Gasteiger partial charge < -0.3 is 0 Å². The molecule has 1 aromatic heterocycles. The minimum absolute atomic E-state index is 1.04. The summed E-state index contributed by atoms with van der Waals surface area (Å²) >= 11 is 3.39. The van der Waals surface area contributed by atoms with Crippen LogP contribution in [0, 0.1) is 0 Å². The summed E-state index contributed by atoms with van der Waals surface area (Å²) in [4.78, 5) is 4.74. The van der Waals surface area contributed by atoms with Crippen molar-refractivity contribution < 1.29 is 0 Å². The van der Waals surface area contributed by atoms with Crippen LogP contribution in [0.1, 0.15) is 0 Å². The lowest BCUT2D eigenvalue weighted by Crippen LogP contribution is -2.06. The zero-order valence-corrected chi connectivity index (χ0v) is 13.9. The van der Waals surface area contributed by atoms with E-state index in [-0.39, 0.29) is 0 Å². The van der Waals surface area contributed by atoms with Gasteiger partial charge in [-0.05, 0) is 36.4 Å². The number of para-hydroxylation sites is 3. The van der Waals surface area contributed by atoms with Crippen LogP contribution in [0.5, 0.6) is 0 Å². The SMILES string of the molecule is c1ccc(N(Sc2nc3ccccc3s2)c2ccccc2)cc1. The van der Waals surface area contributed by atoms with Crippen molar-refractivity contribution in [2.45, 2.75) is 4.34 Å². The smallest absolute Gasteiger partial charge is 0.172 e. The molecule has 4 aromatic rings. The maximum atomic E-state index is 4.74. The Morgan fingerprint density at radius 1 is 0.696 bits per heavy atom. The van der Waals surface area contributed by atoms with Gasteiger partial charge in [-0.1, -0.05) is 48.5 Å². The summed E-state index contributed by atoms with van der Waals surface area (Å²) < 4.78 is 4.48. The Labute approximate surface area is 143 Å². The second-order valence-electron chi connectivity index (χ2n) is 5.00. The first-order chi connectivity index (χ1) is 11.4. The third-order valence-electron chi connectivity index (χ3n) is 3.43. The van der Waals surface area contributed by atoms with Crippen LogP contribution in [-0.4, -0.2) is 4.98 Å². The first-order valence-electron chi connectivity index (χ1n) is 7.34. The van der Waals surface area contributed by atoms with Crippen LogP contribution in [0.25, 0.3) is 10.2 Å². The van der Waals surface area contributed by atoms with Gasteiger partial charge in [-0.25, -0.2) is 4.98 Å². The van der Waals surface area contributed by atoms with Crippen molar-refractivity contribution in [2.75, 3.05) is 4.31 Å². The Hall–Kier alpha value is -2.30. The van der Waals surface area contributed by atoms with Crippen LogP contribution in [0.2, 0.25) is 0 Å². The number of rotatable bonds is 4. The quantitative estimate of drug-likeness (QED) is 0.417. The number of nitrogens with zero attached hydrogens (tertiary/aromatic N) is 2. The van der Waals surface area contributed by atoms with Crippen LogP contribution >= 0.6 is 23.3 Å². The average Bonchev–Trinajstić information content (AvgIpc) is 3.04. The fraction of sp³-hybridized carbons (Fsp3) is 0. The Bertz CT molecular complexity index is 832. The zero-order valence-electron chi connectivity index (χ0n) is 12.3. The molecule has 0 saturated carbocycles. The largest absolute Gasteiger partial charge is 0.278 e. The molecular formula is C19H14N2S2. The summed E-state index contributed by atoms with van der Waals surface area (Å²) in [7, 11) is 0. The molecular weight excluding hydrogens is 320 g/mol. The first kappa shape index (κ1) is 14.3. The molecule has 2 nitrogen and oxygen atoms in total. The van der Waals surface area contributed by atoms with Crippen molar-refractivity contribution in [3.8, 4) is 0 Å². The molecule has 0 aliphatic carbocycles. The lowest BCUT2D eigenvalue weighted by molar-refractivity contribution is 1.29. The van der Waals surface area contributed by atoms with Gasteiger partial charge in [0.1, 0.15) is 0 Å². The fourth-order valence-corrected chi connectivity index (χ4v) is 4.44. The van der Waals surface area contributed by atoms with Crippen LogP contribution in [0.15, 0.2) is 89.3 Å². The standard InChI is InChI=1S/C19H14N2S2/c1-3-9-15(10-4-1)21(16-11-5-2-6-12-16)23-19-20-17-13-7-8-14-18(17)22-19/h1-14H. The van der Waals surface area contributed by atoms with E-state index in [9.17, 15) is 0 Å². The highest BCUT2D eigenvalue weighted by Gasteiger charge is 2.14. The highest BCUT2D eigenvalue weighted by molar-refractivity contribution is 8.02. The van der Waals surface area contributed by atoms with Gasteiger partial charge >= 0.3 is 0 Å². The monoisotopic (exact) mass is 334 g/mol. The van der Waals surface area contributed by atoms with Gasteiger partial charge in [-0.3, -0.25) is 4.31 Å². The topological polar surface area (TPSA) is 16.1 Å². The van der Waals surface area contributed by atoms with Crippen LogP contribution in [0.4, 0.5) is 11.4 Å². The Kier molecular flexibility index (Phi) is 4.01. The van der Waals surface area contributed by atoms with Gasteiger partial charge in [0.25, 0.3) is 0 Å². The van der Waals surface area contributed by atoms with Crippen molar-refractivity contribution in [3.05, 3.63) is 84.9 Å². The molecule has 0 saturated heterocycles. The van der Waals surface area contributed by atoms with Crippen molar-refractivity contribution >= 4 is 44.9 Å². The predicted molar refractivity (Wildman–Crippen MR) is 101 cm³/mol. The molecule has 0 unspecified atom stereocenters. The Morgan fingerprint density at radius 3 is 1.87 bits per heavy atom. The number of hydrogen-bond acceptors (Lipinski definition) is 4. The number of hydrogen-bond donors (Lipinski definition) is 0. The molecule has 0 aliphatic rings. The van der Waals surface area contributed by atoms with E-state index >= 15 is 0 Å². The molecule has 0 spiro atoms. The average molecular weight is 334 g/mol. The maximum absolute atomic E-state index is 4.74. The minimum Gasteiger partial charge on any atom is -0.278 e. The fourth-order valence-electron chi connectivity index (χ4n) is 2.35. The molecule has 0 bridgehead atoms. The molecule has 0 radical (unpaired) electrons. The van der Waals surface area contributed by atoms with Gasteiger partial charge in [0.05, 0.1) is 21.6 Å². The van der Waals surface area contributed by atoms with Crippen molar-refractivity contribution in [3.63, 3.8) is 0 Å².